The molecule has 1 N–H and O–H groups in total. The van der Waals surface area contributed by atoms with Crippen LogP contribution >= 0.6 is 11.6 Å². The molecule has 0 aliphatic rings. The van der Waals surface area contributed by atoms with Gasteiger partial charge >= 0.3 is 0 Å². The molecule has 8 nitrogen and oxygen atoms in total. The van der Waals surface area contributed by atoms with Crippen molar-refractivity contribution in [3.05, 3.63) is 88.9 Å². The summed E-state index contributed by atoms with van der Waals surface area (Å²) in [5.74, 6) is -0.245. The summed E-state index contributed by atoms with van der Waals surface area (Å²) < 4.78 is 34.3. The van der Waals surface area contributed by atoms with Crippen molar-refractivity contribution in [1.29, 1.82) is 0 Å². The molecule has 2 atom stereocenters. The summed E-state index contributed by atoms with van der Waals surface area (Å²) in [6, 6.07) is 19.1. The molecule has 0 aliphatic heterocycles. The molecular weight excluding hydrogens is 562 g/mol. The maximum atomic E-state index is 14.2. The Bertz CT molecular complexity index is 1450. The monoisotopic (exact) mass is 599 g/mol. The second-order valence-corrected chi connectivity index (χ2v) is 12.2. The Hall–Kier alpha value is -3.56. The zero-order valence-electron chi connectivity index (χ0n) is 24.1. The van der Waals surface area contributed by atoms with Crippen molar-refractivity contribution in [2.24, 2.45) is 0 Å². The smallest absolute Gasteiger partial charge is 0.264 e. The number of methoxy groups -OCH3 is 1. The summed E-state index contributed by atoms with van der Waals surface area (Å²) in [4.78, 5) is 29.0. The molecular formula is C31H38ClN3O5S. The zero-order valence-corrected chi connectivity index (χ0v) is 25.7. The fourth-order valence-corrected chi connectivity index (χ4v) is 6.05. The molecule has 2 amide bonds. The second kappa shape index (κ2) is 14.4. The third-order valence-electron chi connectivity index (χ3n) is 6.88. The molecule has 10 heteroatoms. The van der Waals surface area contributed by atoms with E-state index < -0.39 is 28.5 Å². The van der Waals surface area contributed by atoms with Crippen LogP contribution in [0.4, 0.5) is 5.69 Å². The maximum Gasteiger partial charge on any atom is 0.264 e. The van der Waals surface area contributed by atoms with Crippen molar-refractivity contribution >= 4 is 39.1 Å². The van der Waals surface area contributed by atoms with E-state index in [1.807, 2.05) is 33.8 Å². The van der Waals surface area contributed by atoms with Crippen molar-refractivity contribution in [1.82, 2.24) is 10.2 Å². The van der Waals surface area contributed by atoms with E-state index in [1.54, 1.807) is 61.7 Å². The summed E-state index contributed by atoms with van der Waals surface area (Å²) >= 11 is 6.47. The van der Waals surface area contributed by atoms with E-state index in [4.69, 9.17) is 16.3 Å². The number of carbonyl (C=O) groups is 2. The van der Waals surface area contributed by atoms with Crippen molar-refractivity contribution in [3.63, 3.8) is 0 Å². The Labute approximate surface area is 248 Å². The van der Waals surface area contributed by atoms with E-state index >= 15 is 0 Å². The Morgan fingerprint density at radius 1 is 0.976 bits per heavy atom. The predicted molar refractivity (Wildman–Crippen MR) is 163 cm³/mol. The molecule has 3 aromatic rings. The normalized spacial score (nSPS) is 12.7. The summed E-state index contributed by atoms with van der Waals surface area (Å²) in [5, 5.41) is 3.15. The Morgan fingerprint density at radius 2 is 1.66 bits per heavy atom. The zero-order chi connectivity index (χ0) is 30.2. The van der Waals surface area contributed by atoms with Gasteiger partial charge in [-0.15, -0.1) is 0 Å². The number of aryl methyl sites for hydroxylation is 1. The minimum absolute atomic E-state index is 0.0247. The third-order valence-corrected chi connectivity index (χ3v) is 8.98. The lowest BCUT2D eigenvalue weighted by atomic mass is 10.1. The van der Waals surface area contributed by atoms with E-state index in [-0.39, 0.29) is 34.1 Å². The van der Waals surface area contributed by atoms with Gasteiger partial charge in [0.2, 0.25) is 11.8 Å². The van der Waals surface area contributed by atoms with Crippen LogP contribution in [0, 0.1) is 6.92 Å². The molecule has 41 heavy (non-hydrogen) atoms. The number of anilines is 1. The highest BCUT2D eigenvalue weighted by Crippen LogP contribution is 2.31. The van der Waals surface area contributed by atoms with Gasteiger partial charge in [0.15, 0.2) is 0 Å². The molecule has 0 heterocycles. The molecule has 3 rings (SSSR count). The number of nitrogens with zero attached hydrogens (tertiary/aromatic N) is 2. The minimum atomic E-state index is -4.20. The number of hydrogen-bond acceptors (Lipinski definition) is 5. The van der Waals surface area contributed by atoms with Gasteiger partial charge in [0.05, 0.1) is 22.7 Å². The molecule has 0 bridgehead atoms. The first-order valence-electron chi connectivity index (χ1n) is 13.6. The standard InChI is InChI=1S/C31H38ClN3O5S/c1-6-23(4)33-31(37)28(7-2)34(20-24-11-10-12-25(19-24)40-5)30(36)21-35(29-14-9-8-13-27(29)32)41(38,39)26-17-15-22(3)16-18-26/h8-19,23,28H,6-7,20-21H2,1-5H3,(H,33,37)/t23-,28+/m1/s1. The lowest BCUT2D eigenvalue weighted by Gasteiger charge is -2.34. The van der Waals surface area contributed by atoms with Gasteiger partial charge in [-0.2, -0.15) is 0 Å². The molecule has 220 valence electrons. The van der Waals surface area contributed by atoms with Gasteiger partial charge in [0, 0.05) is 12.6 Å². The number of sulfonamides is 1. The summed E-state index contributed by atoms with van der Waals surface area (Å²) in [5.41, 5.74) is 1.80. The molecule has 0 saturated heterocycles. The van der Waals surface area contributed by atoms with Crippen LogP contribution in [-0.2, 0) is 26.2 Å². The molecule has 3 aromatic carbocycles. The number of para-hydroxylation sites is 1. The fraction of sp³-hybridized carbons (Fsp3) is 0.355. The van der Waals surface area contributed by atoms with Crippen molar-refractivity contribution in [3.8, 4) is 5.75 Å². The summed E-state index contributed by atoms with van der Waals surface area (Å²) in [6.07, 6.45) is 1.05. The van der Waals surface area contributed by atoms with Crippen LogP contribution in [-0.4, -0.2) is 50.9 Å². The molecule has 0 aliphatic carbocycles. The first kappa shape index (κ1) is 32.0. The molecule has 0 spiro atoms. The van der Waals surface area contributed by atoms with Crippen LogP contribution < -0.4 is 14.4 Å². The van der Waals surface area contributed by atoms with Crippen LogP contribution in [0.1, 0.15) is 44.7 Å². The quantitative estimate of drug-likeness (QED) is 0.277. The van der Waals surface area contributed by atoms with E-state index in [2.05, 4.69) is 5.32 Å². The number of hydrogen-bond donors (Lipinski definition) is 1. The average Bonchev–Trinajstić information content (AvgIpc) is 2.96. The van der Waals surface area contributed by atoms with E-state index in [1.165, 1.54) is 17.0 Å². The van der Waals surface area contributed by atoms with Crippen molar-refractivity contribution in [2.75, 3.05) is 18.0 Å². The maximum absolute atomic E-state index is 14.2. The topological polar surface area (TPSA) is 96.0 Å². The number of carbonyl (C=O) groups excluding carboxylic acids is 2. The van der Waals surface area contributed by atoms with Crippen LogP contribution in [0.5, 0.6) is 5.75 Å². The molecule has 0 aromatic heterocycles. The lowest BCUT2D eigenvalue weighted by Crippen LogP contribution is -2.53. The van der Waals surface area contributed by atoms with Crippen LogP contribution in [0.15, 0.2) is 77.7 Å². The number of amides is 2. The summed E-state index contributed by atoms with van der Waals surface area (Å²) in [6.45, 7) is 7.05. The Kier molecular flexibility index (Phi) is 11.2. The highest BCUT2D eigenvalue weighted by atomic mass is 35.5. The molecule has 0 saturated carbocycles. The highest BCUT2D eigenvalue weighted by Gasteiger charge is 2.34. The SMILES string of the molecule is CC[C@@H](C)NC(=O)[C@H](CC)N(Cc1cccc(OC)c1)C(=O)CN(c1ccccc1Cl)S(=O)(=O)c1ccc(C)cc1. The van der Waals surface area contributed by atoms with Crippen LogP contribution in [0.25, 0.3) is 0 Å². The van der Waals surface area contributed by atoms with Gasteiger partial charge in [0.1, 0.15) is 18.3 Å². The Balaban J connectivity index is 2.08. The molecule has 0 radical (unpaired) electrons. The molecule has 0 unspecified atom stereocenters. The van der Waals surface area contributed by atoms with Gasteiger partial charge in [-0.3, -0.25) is 13.9 Å². The second-order valence-electron chi connectivity index (χ2n) is 9.89. The predicted octanol–water partition coefficient (Wildman–Crippen LogP) is 5.57. The summed E-state index contributed by atoms with van der Waals surface area (Å²) in [7, 11) is -2.65. The van der Waals surface area contributed by atoms with Crippen LogP contribution in [0.3, 0.4) is 0 Å². The van der Waals surface area contributed by atoms with E-state index in [0.29, 0.717) is 12.2 Å². The Morgan fingerprint density at radius 3 is 2.27 bits per heavy atom. The molecule has 0 fully saturated rings. The fourth-order valence-electron chi connectivity index (χ4n) is 4.33. The van der Waals surface area contributed by atoms with Gasteiger partial charge < -0.3 is 15.0 Å². The minimum Gasteiger partial charge on any atom is -0.497 e. The third kappa shape index (κ3) is 8.01. The number of rotatable bonds is 13. The largest absolute Gasteiger partial charge is 0.497 e. The van der Waals surface area contributed by atoms with Gasteiger partial charge in [-0.1, -0.05) is 67.4 Å². The van der Waals surface area contributed by atoms with Crippen LogP contribution in [0.2, 0.25) is 5.02 Å². The number of ether oxygens (including phenoxy) is 1. The first-order valence-corrected chi connectivity index (χ1v) is 15.4. The number of halogens is 1. The van der Waals surface area contributed by atoms with Crippen molar-refractivity contribution < 1.29 is 22.7 Å². The van der Waals surface area contributed by atoms with Crippen molar-refractivity contribution in [2.45, 2.75) is 64.1 Å². The highest BCUT2D eigenvalue weighted by molar-refractivity contribution is 7.92. The number of benzene rings is 3. The number of nitrogens with one attached hydrogen (secondary N) is 1. The van der Waals surface area contributed by atoms with Gasteiger partial charge in [-0.05, 0) is 68.7 Å². The van der Waals surface area contributed by atoms with Gasteiger partial charge in [0.25, 0.3) is 10.0 Å². The van der Waals surface area contributed by atoms with Gasteiger partial charge in [-0.25, -0.2) is 8.42 Å². The van der Waals surface area contributed by atoms with E-state index in [9.17, 15) is 18.0 Å². The average molecular weight is 600 g/mol. The van der Waals surface area contributed by atoms with E-state index in [0.717, 1.165) is 21.9 Å². The first-order chi connectivity index (χ1) is 19.5. The lowest BCUT2D eigenvalue weighted by molar-refractivity contribution is -0.140.